The van der Waals surface area contributed by atoms with Crippen molar-refractivity contribution in [2.45, 2.75) is 6.92 Å². The van der Waals surface area contributed by atoms with Gasteiger partial charge in [-0.1, -0.05) is 11.3 Å². The maximum Gasteiger partial charge on any atom is 0.266 e. The largest absolute Gasteiger partial charge is 0.365 e. The molecule has 22 heavy (non-hydrogen) atoms. The third-order valence-electron chi connectivity index (χ3n) is 3.61. The van der Waals surface area contributed by atoms with Gasteiger partial charge in [-0.15, -0.1) is 0 Å². The Morgan fingerprint density at radius 1 is 1.23 bits per heavy atom. The van der Waals surface area contributed by atoms with Crippen LogP contribution in [0.15, 0.2) is 18.5 Å². The molecule has 0 aliphatic carbocycles. The molecule has 1 fully saturated rings. The summed E-state index contributed by atoms with van der Waals surface area (Å²) < 4.78 is 0. The molecule has 0 saturated carbocycles. The van der Waals surface area contributed by atoms with Gasteiger partial charge in [0.25, 0.3) is 5.91 Å². The van der Waals surface area contributed by atoms with E-state index in [1.807, 2.05) is 18.9 Å². The second kappa shape index (κ2) is 6.27. The summed E-state index contributed by atoms with van der Waals surface area (Å²) >= 11 is 1.41. The van der Waals surface area contributed by atoms with Crippen LogP contribution >= 0.6 is 11.3 Å². The van der Waals surface area contributed by atoms with Crippen LogP contribution in [0.2, 0.25) is 0 Å². The molecule has 1 N–H and O–H groups in total. The van der Waals surface area contributed by atoms with Crippen LogP contribution < -0.4 is 10.2 Å². The first-order chi connectivity index (χ1) is 10.7. The van der Waals surface area contributed by atoms with Crippen molar-refractivity contribution in [1.29, 1.82) is 0 Å². The Kier molecular flexibility index (Phi) is 4.19. The zero-order chi connectivity index (χ0) is 15.5. The number of amides is 1. The maximum atomic E-state index is 12.6. The van der Waals surface area contributed by atoms with E-state index < -0.39 is 0 Å². The number of nitrogens with zero attached hydrogens (tertiary/aromatic N) is 5. The molecule has 8 heteroatoms. The normalized spacial score (nSPS) is 15.0. The number of rotatable bonds is 3. The van der Waals surface area contributed by atoms with Gasteiger partial charge in [0, 0.05) is 45.6 Å². The zero-order valence-corrected chi connectivity index (χ0v) is 13.4. The third-order valence-corrected chi connectivity index (χ3v) is 4.77. The number of piperazine rings is 1. The Morgan fingerprint density at radius 2 is 1.91 bits per heavy atom. The molecule has 3 rings (SSSR count). The minimum absolute atomic E-state index is 0.0603. The lowest BCUT2D eigenvalue weighted by atomic mass is 10.3. The second-order valence-corrected chi connectivity index (χ2v) is 6.01. The molecule has 0 unspecified atom stereocenters. The van der Waals surface area contributed by atoms with Crippen molar-refractivity contribution in [3.05, 3.63) is 29.0 Å². The number of hydrogen-bond donors (Lipinski definition) is 1. The Balaban J connectivity index is 1.66. The molecule has 1 saturated heterocycles. The van der Waals surface area contributed by atoms with E-state index in [1.54, 1.807) is 18.5 Å². The van der Waals surface area contributed by atoms with Gasteiger partial charge in [-0.3, -0.25) is 4.79 Å². The third kappa shape index (κ3) is 2.87. The highest BCUT2D eigenvalue weighted by atomic mass is 32.1. The van der Waals surface area contributed by atoms with Gasteiger partial charge in [0.05, 0.1) is 5.69 Å². The van der Waals surface area contributed by atoms with Gasteiger partial charge in [0.1, 0.15) is 4.88 Å². The second-order valence-electron chi connectivity index (χ2n) is 5.01. The minimum Gasteiger partial charge on any atom is -0.365 e. The predicted octanol–water partition coefficient (Wildman–Crippen LogP) is 1.25. The number of aromatic nitrogens is 3. The summed E-state index contributed by atoms with van der Waals surface area (Å²) in [6.45, 7) is 4.70. The molecule has 7 nitrogen and oxygen atoms in total. The molecule has 1 amide bonds. The van der Waals surface area contributed by atoms with Crippen molar-refractivity contribution < 1.29 is 4.79 Å². The van der Waals surface area contributed by atoms with Gasteiger partial charge in [0.2, 0.25) is 5.95 Å². The van der Waals surface area contributed by atoms with E-state index in [9.17, 15) is 4.79 Å². The highest BCUT2D eigenvalue weighted by Gasteiger charge is 2.26. The van der Waals surface area contributed by atoms with Crippen molar-refractivity contribution in [2.75, 3.05) is 43.4 Å². The lowest BCUT2D eigenvalue weighted by Gasteiger charge is -2.34. The average Bonchev–Trinajstić information content (AvgIpc) is 2.96. The summed E-state index contributed by atoms with van der Waals surface area (Å²) in [5, 5.41) is 3.76. The molecule has 0 atom stereocenters. The molecule has 2 aromatic heterocycles. The van der Waals surface area contributed by atoms with Gasteiger partial charge in [0.15, 0.2) is 5.13 Å². The lowest BCUT2D eigenvalue weighted by molar-refractivity contribution is 0.0750. The SMILES string of the molecule is CNc1nc(C)c(C(=O)N2CCN(c3ncccn3)CC2)s1. The van der Waals surface area contributed by atoms with Gasteiger partial charge in [-0.25, -0.2) is 15.0 Å². The van der Waals surface area contributed by atoms with Gasteiger partial charge in [-0.05, 0) is 13.0 Å². The minimum atomic E-state index is 0.0603. The van der Waals surface area contributed by atoms with E-state index >= 15 is 0 Å². The topological polar surface area (TPSA) is 74.2 Å². The summed E-state index contributed by atoms with van der Waals surface area (Å²) in [6, 6.07) is 1.80. The summed E-state index contributed by atoms with van der Waals surface area (Å²) in [4.78, 5) is 30.1. The highest BCUT2D eigenvalue weighted by Crippen LogP contribution is 2.24. The number of anilines is 2. The predicted molar refractivity (Wildman–Crippen MR) is 86.5 cm³/mol. The average molecular weight is 318 g/mol. The molecular weight excluding hydrogens is 300 g/mol. The molecule has 116 valence electrons. The van der Waals surface area contributed by atoms with Crippen LogP contribution in [0.3, 0.4) is 0 Å². The summed E-state index contributed by atoms with van der Waals surface area (Å²) in [7, 11) is 1.81. The first kappa shape index (κ1) is 14.7. The van der Waals surface area contributed by atoms with E-state index in [0.29, 0.717) is 18.0 Å². The Labute approximate surface area is 133 Å². The van der Waals surface area contributed by atoms with Crippen LogP contribution in [-0.4, -0.2) is 59.0 Å². The Bertz CT molecular complexity index is 651. The first-order valence-corrected chi connectivity index (χ1v) is 7.97. The molecule has 1 aliphatic heterocycles. The number of hydrogen-bond acceptors (Lipinski definition) is 7. The van der Waals surface area contributed by atoms with E-state index in [0.717, 1.165) is 29.9 Å². The van der Waals surface area contributed by atoms with Gasteiger partial charge in [-0.2, -0.15) is 0 Å². The number of aryl methyl sites for hydroxylation is 1. The summed E-state index contributed by atoms with van der Waals surface area (Å²) in [5.74, 6) is 0.783. The van der Waals surface area contributed by atoms with Gasteiger partial charge < -0.3 is 15.1 Å². The fourth-order valence-corrected chi connectivity index (χ4v) is 3.30. The van der Waals surface area contributed by atoms with Crippen molar-refractivity contribution in [1.82, 2.24) is 19.9 Å². The molecule has 1 aliphatic rings. The zero-order valence-electron chi connectivity index (χ0n) is 12.6. The molecule has 2 aromatic rings. The highest BCUT2D eigenvalue weighted by molar-refractivity contribution is 7.17. The Morgan fingerprint density at radius 3 is 2.50 bits per heavy atom. The van der Waals surface area contributed by atoms with E-state index in [-0.39, 0.29) is 5.91 Å². The quantitative estimate of drug-likeness (QED) is 0.918. The molecule has 0 radical (unpaired) electrons. The fourth-order valence-electron chi connectivity index (χ4n) is 2.41. The molecule has 0 bridgehead atoms. The van der Waals surface area contributed by atoms with Crippen LogP contribution in [0.4, 0.5) is 11.1 Å². The van der Waals surface area contributed by atoms with Crippen LogP contribution in [0.25, 0.3) is 0 Å². The van der Waals surface area contributed by atoms with E-state index in [1.165, 1.54) is 11.3 Å². The molecule has 0 spiro atoms. The monoisotopic (exact) mass is 318 g/mol. The van der Waals surface area contributed by atoms with Crippen LogP contribution in [0, 0.1) is 6.92 Å². The number of carbonyl (C=O) groups excluding carboxylic acids is 1. The van der Waals surface area contributed by atoms with Crippen molar-refractivity contribution >= 4 is 28.3 Å². The van der Waals surface area contributed by atoms with Crippen molar-refractivity contribution in [3.63, 3.8) is 0 Å². The number of carbonyl (C=O) groups is 1. The van der Waals surface area contributed by atoms with Crippen molar-refractivity contribution in [2.24, 2.45) is 0 Å². The number of nitrogens with one attached hydrogen (secondary N) is 1. The van der Waals surface area contributed by atoms with Crippen molar-refractivity contribution in [3.8, 4) is 0 Å². The number of thiazole rings is 1. The fraction of sp³-hybridized carbons (Fsp3) is 0.429. The summed E-state index contributed by atoms with van der Waals surface area (Å²) in [6.07, 6.45) is 3.47. The summed E-state index contributed by atoms with van der Waals surface area (Å²) in [5.41, 5.74) is 0.785. The Hall–Kier alpha value is -2.22. The van der Waals surface area contributed by atoms with Crippen LogP contribution in [0.5, 0.6) is 0 Å². The van der Waals surface area contributed by atoms with Gasteiger partial charge >= 0.3 is 0 Å². The van der Waals surface area contributed by atoms with Crippen LogP contribution in [-0.2, 0) is 0 Å². The van der Waals surface area contributed by atoms with Crippen LogP contribution in [0.1, 0.15) is 15.4 Å². The molecular formula is C14H18N6OS. The maximum absolute atomic E-state index is 12.6. The molecule has 0 aromatic carbocycles. The lowest BCUT2D eigenvalue weighted by Crippen LogP contribution is -2.49. The first-order valence-electron chi connectivity index (χ1n) is 7.15. The smallest absolute Gasteiger partial charge is 0.266 e. The van der Waals surface area contributed by atoms with E-state index in [2.05, 4.69) is 25.2 Å². The molecule has 3 heterocycles. The standard InChI is InChI=1S/C14H18N6OS/c1-10-11(22-14(15-2)18-10)12(21)19-6-8-20(9-7-19)13-16-4-3-5-17-13/h3-5H,6-9H2,1-2H3,(H,15,18). The van der Waals surface area contributed by atoms with E-state index in [4.69, 9.17) is 0 Å².